The first-order valence-corrected chi connectivity index (χ1v) is 7.20. The average molecular weight is 240 g/mol. The smallest absolute Gasteiger partial charge is 0.222 e. The minimum atomic E-state index is 0.288. The van der Waals surface area contributed by atoms with Crippen LogP contribution in [0.3, 0.4) is 0 Å². The van der Waals surface area contributed by atoms with E-state index in [2.05, 4.69) is 0 Å². The molecular weight excluding hydrogens is 212 g/mol. The molecule has 0 saturated heterocycles. The zero-order valence-corrected chi connectivity index (χ0v) is 11.5. The van der Waals surface area contributed by atoms with Crippen LogP contribution in [0.4, 0.5) is 0 Å². The minimum Gasteiger partial charge on any atom is -0.343 e. The zero-order chi connectivity index (χ0) is 12.7. The van der Waals surface area contributed by atoms with Gasteiger partial charge in [0.05, 0.1) is 0 Å². The monoisotopic (exact) mass is 240 g/mol. The van der Waals surface area contributed by atoms with Gasteiger partial charge in [0.2, 0.25) is 5.91 Å². The normalized spacial score (nSPS) is 19.0. The standard InChI is InChI=1S/C14H28N2O/c1-3-16(4-2)14(17)10-13(11-15)12-8-6-5-7-9-12/h12-13H,3-11,15H2,1-2H3. The molecule has 1 fully saturated rings. The average Bonchev–Trinajstić information content (AvgIpc) is 2.38. The van der Waals surface area contributed by atoms with Crippen LogP contribution in [-0.4, -0.2) is 30.4 Å². The predicted molar refractivity (Wildman–Crippen MR) is 71.7 cm³/mol. The second-order valence-electron chi connectivity index (χ2n) is 5.16. The number of carbonyl (C=O) groups excluding carboxylic acids is 1. The molecule has 0 aliphatic heterocycles. The van der Waals surface area contributed by atoms with E-state index in [0.717, 1.165) is 13.1 Å². The van der Waals surface area contributed by atoms with Crippen molar-refractivity contribution in [1.82, 2.24) is 4.90 Å². The van der Waals surface area contributed by atoms with Gasteiger partial charge in [-0.05, 0) is 32.2 Å². The Morgan fingerprint density at radius 3 is 2.29 bits per heavy atom. The van der Waals surface area contributed by atoms with Crippen molar-refractivity contribution in [2.75, 3.05) is 19.6 Å². The van der Waals surface area contributed by atoms with Crippen LogP contribution >= 0.6 is 0 Å². The van der Waals surface area contributed by atoms with Gasteiger partial charge in [0.15, 0.2) is 0 Å². The number of nitrogens with zero attached hydrogens (tertiary/aromatic N) is 1. The van der Waals surface area contributed by atoms with E-state index in [1.54, 1.807) is 0 Å². The fourth-order valence-corrected chi connectivity index (χ4v) is 2.98. The molecular formula is C14H28N2O. The van der Waals surface area contributed by atoms with Crippen molar-refractivity contribution in [2.24, 2.45) is 17.6 Å². The van der Waals surface area contributed by atoms with E-state index < -0.39 is 0 Å². The molecule has 0 aromatic rings. The van der Waals surface area contributed by atoms with Crippen LogP contribution in [0.1, 0.15) is 52.4 Å². The largest absolute Gasteiger partial charge is 0.343 e. The molecule has 1 rings (SSSR count). The van der Waals surface area contributed by atoms with Gasteiger partial charge in [0.25, 0.3) is 0 Å². The van der Waals surface area contributed by atoms with Gasteiger partial charge in [-0.25, -0.2) is 0 Å². The van der Waals surface area contributed by atoms with Gasteiger partial charge in [-0.1, -0.05) is 32.1 Å². The van der Waals surface area contributed by atoms with Crippen LogP contribution in [0.25, 0.3) is 0 Å². The summed E-state index contributed by atoms with van der Waals surface area (Å²) in [6.45, 7) is 6.38. The highest BCUT2D eigenvalue weighted by atomic mass is 16.2. The third-order valence-electron chi connectivity index (χ3n) is 4.17. The van der Waals surface area contributed by atoms with Gasteiger partial charge in [-0.3, -0.25) is 4.79 Å². The maximum atomic E-state index is 12.1. The molecule has 0 radical (unpaired) electrons. The summed E-state index contributed by atoms with van der Waals surface area (Å²) in [4.78, 5) is 14.0. The summed E-state index contributed by atoms with van der Waals surface area (Å²) in [6, 6.07) is 0. The van der Waals surface area contributed by atoms with E-state index in [1.165, 1.54) is 32.1 Å². The number of rotatable bonds is 6. The third-order valence-corrected chi connectivity index (χ3v) is 4.17. The molecule has 1 saturated carbocycles. The molecule has 1 aliphatic carbocycles. The topological polar surface area (TPSA) is 46.3 Å². The Balaban J connectivity index is 2.47. The Morgan fingerprint density at radius 2 is 1.82 bits per heavy atom. The summed E-state index contributed by atoms with van der Waals surface area (Å²) in [5.41, 5.74) is 5.86. The van der Waals surface area contributed by atoms with Crippen molar-refractivity contribution < 1.29 is 4.79 Å². The number of nitrogens with two attached hydrogens (primary N) is 1. The molecule has 1 unspecified atom stereocenters. The maximum Gasteiger partial charge on any atom is 0.222 e. The highest BCUT2D eigenvalue weighted by Gasteiger charge is 2.25. The summed E-state index contributed by atoms with van der Waals surface area (Å²) < 4.78 is 0. The molecule has 2 N–H and O–H groups in total. The molecule has 3 heteroatoms. The van der Waals surface area contributed by atoms with Crippen molar-refractivity contribution in [2.45, 2.75) is 52.4 Å². The summed E-state index contributed by atoms with van der Waals surface area (Å²) in [5, 5.41) is 0. The van der Waals surface area contributed by atoms with Gasteiger partial charge in [-0.15, -0.1) is 0 Å². The molecule has 0 bridgehead atoms. The Hall–Kier alpha value is -0.570. The van der Waals surface area contributed by atoms with Gasteiger partial charge in [0.1, 0.15) is 0 Å². The van der Waals surface area contributed by atoms with Crippen molar-refractivity contribution in [3.8, 4) is 0 Å². The molecule has 1 atom stereocenters. The lowest BCUT2D eigenvalue weighted by Crippen LogP contribution is -2.35. The maximum absolute atomic E-state index is 12.1. The van der Waals surface area contributed by atoms with Gasteiger partial charge in [-0.2, -0.15) is 0 Å². The Morgan fingerprint density at radius 1 is 1.24 bits per heavy atom. The van der Waals surface area contributed by atoms with Crippen molar-refractivity contribution >= 4 is 5.91 Å². The first kappa shape index (κ1) is 14.5. The van der Waals surface area contributed by atoms with E-state index in [1.807, 2.05) is 18.7 Å². The van der Waals surface area contributed by atoms with Crippen LogP contribution in [0.5, 0.6) is 0 Å². The molecule has 17 heavy (non-hydrogen) atoms. The molecule has 3 nitrogen and oxygen atoms in total. The lowest BCUT2D eigenvalue weighted by molar-refractivity contribution is -0.132. The van der Waals surface area contributed by atoms with Crippen molar-refractivity contribution in [3.63, 3.8) is 0 Å². The second-order valence-corrected chi connectivity index (χ2v) is 5.16. The summed E-state index contributed by atoms with van der Waals surface area (Å²) in [5.74, 6) is 1.38. The molecule has 1 aliphatic rings. The van der Waals surface area contributed by atoms with Crippen LogP contribution in [0, 0.1) is 11.8 Å². The fraction of sp³-hybridized carbons (Fsp3) is 0.929. The van der Waals surface area contributed by atoms with Crippen LogP contribution < -0.4 is 5.73 Å². The Labute approximate surface area is 106 Å². The highest BCUT2D eigenvalue weighted by molar-refractivity contribution is 5.76. The molecule has 0 aromatic heterocycles. The van der Waals surface area contributed by atoms with Gasteiger partial charge < -0.3 is 10.6 Å². The first-order valence-electron chi connectivity index (χ1n) is 7.20. The molecule has 0 heterocycles. The van der Waals surface area contributed by atoms with Crippen molar-refractivity contribution in [1.29, 1.82) is 0 Å². The predicted octanol–water partition coefficient (Wildman–Crippen LogP) is 2.40. The summed E-state index contributed by atoms with van der Waals surface area (Å²) in [6.07, 6.45) is 7.20. The number of hydrogen-bond acceptors (Lipinski definition) is 2. The molecule has 0 spiro atoms. The van der Waals surface area contributed by atoms with E-state index in [9.17, 15) is 4.79 Å². The number of amides is 1. The fourth-order valence-electron chi connectivity index (χ4n) is 2.98. The third kappa shape index (κ3) is 4.30. The van der Waals surface area contributed by atoms with Crippen LogP contribution in [0.15, 0.2) is 0 Å². The zero-order valence-electron chi connectivity index (χ0n) is 11.5. The Bertz CT molecular complexity index is 220. The van der Waals surface area contributed by atoms with Gasteiger partial charge >= 0.3 is 0 Å². The van der Waals surface area contributed by atoms with Gasteiger partial charge in [0, 0.05) is 19.5 Å². The second kappa shape index (κ2) is 7.70. The highest BCUT2D eigenvalue weighted by Crippen LogP contribution is 2.31. The molecule has 0 aromatic carbocycles. The minimum absolute atomic E-state index is 0.288. The van der Waals surface area contributed by atoms with E-state index in [-0.39, 0.29) is 5.91 Å². The molecule has 100 valence electrons. The lowest BCUT2D eigenvalue weighted by Gasteiger charge is -2.30. The SMILES string of the molecule is CCN(CC)C(=O)CC(CN)C1CCCCC1. The summed E-state index contributed by atoms with van der Waals surface area (Å²) >= 11 is 0. The lowest BCUT2D eigenvalue weighted by atomic mass is 9.78. The first-order chi connectivity index (χ1) is 8.22. The van der Waals surface area contributed by atoms with Crippen LogP contribution in [-0.2, 0) is 4.79 Å². The number of hydrogen-bond donors (Lipinski definition) is 1. The quantitative estimate of drug-likeness (QED) is 0.775. The summed E-state index contributed by atoms with van der Waals surface area (Å²) in [7, 11) is 0. The Kier molecular flexibility index (Phi) is 6.56. The van der Waals surface area contributed by atoms with E-state index in [0.29, 0.717) is 24.8 Å². The molecule has 1 amide bonds. The van der Waals surface area contributed by atoms with E-state index >= 15 is 0 Å². The van der Waals surface area contributed by atoms with E-state index in [4.69, 9.17) is 5.73 Å². The van der Waals surface area contributed by atoms with Crippen molar-refractivity contribution in [3.05, 3.63) is 0 Å². The van der Waals surface area contributed by atoms with Crippen LogP contribution in [0.2, 0.25) is 0 Å². The number of carbonyl (C=O) groups is 1.